The van der Waals surface area contributed by atoms with Gasteiger partial charge in [-0.25, -0.2) is 0 Å². The molecule has 0 aromatic heterocycles. The summed E-state index contributed by atoms with van der Waals surface area (Å²) in [6.07, 6.45) is 0.298. The van der Waals surface area contributed by atoms with Crippen LogP contribution in [0.25, 0.3) is 0 Å². The lowest BCUT2D eigenvalue weighted by Crippen LogP contribution is -2.40. The fourth-order valence-electron chi connectivity index (χ4n) is 3.76. The molecule has 0 spiro atoms. The van der Waals surface area contributed by atoms with Gasteiger partial charge in [-0.1, -0.05) is 73.7 Å². The van der Waals surface area contributed by atoms with Gasteiger partial charge in [-0.2, -0.15) is 0 Å². The molecular formula is C24H24O4. The van der Waals surface area contributed by atoms with E-state index in [1.165, 1.54) is 13.2 Å². The number of hydrogen-bond acceptors (Lipinski definition) is 3. The molecule has 1 atom stereocenters. The molecule has 2 N–H and O–H groups in total. The van der Waals surface area contributed by atoms with Crippen LogP contribution in [0.5, 0.6) is 11.5 Å². The van der Waals surface area contributed by atoms with E-state index in [2.05, 4.69) is 0 Å². The van der Waals surface area contributed by atoms with Gasteiger partial charge in [0.2, 0.25) is 0 Å². The molecule has 0 aliphatic carbocycles. The van der Waals surface area contributed by atoms with Crippen LogP contribution in [0.4, 0.5) is 0 Å². The van der Waals surface area contributed by atoms with Crippen LogP contribution < -0.4 is 4.74 Å². The minimum absolute atomic E-state index is 0.0343. The highest BCUT2D eigenvalue weighted by Crippen LogP contribution is 2.41. The van der Waals surface area contributed by atoms with Gasteiger partial charge in [-0.3, -0.25) is 4.79 Å². The highest BCUT2D eigenvalue weighted by molar-refractivity contribution is 5.74. The van der Waals surface area contributed by atoms with Gasteiger partial charge in [0.1, 0.15) is 0 Å². The Morgan fingerprint density at radius 1 is 0.964 bits per heavy atom. The van der Waals surface area contributed by atoms with Gasteiger partial charge in [0, 0.05) is 5.41 Å². The molecule has 0 aliphatic heterocycles. The molecule has 0 aliphatic rings. The van der Waals surface area contributed by atoms with Gasteiger partial charge in [-0.05, 0) is 35.2 Å². The number of benzene rings is 3. The van der Waals surface area contributed by atoms with Crippen molar-refractivity contribution in [1.82, 2.24) is 0 Å². The Morgan fingerprint density at radius 2 is 1.50 bits per heavy atom. The summed E-state index contributed by atoms with van der Waals surface area (Å²) in [5.74, 6) is -1.22. The predicted octanol–water partition coefficient (Wildman–Crippen LogP) is 4.65. The highest BCUT2D eigenvalue weighted by Gasteiger charge is 2.42. The van der Waals surface area contributed by atoms with Gasteiger partial charge in [0.15, 0.2) is 11.5 Å². The Bertz CT molecular complexity index is 896. The third-order valence-corrected chi connectivity index (χ3v) is 5.43. The Hall–Kier alpha value is -3.27. The molecule has 28 heavy (non-hydrogen) atoms. The smallest absolute Gasteiger partial charge is 0.308 e. The monoisotopic (exact) mass is 376 g/mol. The second kappa shape index (κ2) is 8.17. The molecule has 0 fully saturated rings. The number of phenols is 1. The van der Waals surface area contributed by atoms with Crippen LogP contribution in [0.15, 0.2) is 78.9 Å². The van der Waals surface area contributed by atoms with Crippen LogP contribution in [-0.4, -0.2) is 23.3 Å². The molecular weight excluding hydrogens is 352 g/mol. The van der Waals surface area contributed by atoms with Crippen molar-refractivity contribution in [3.05, 3.63) is 95.6 Å². The third-order valence-electron chi connectivity index (χ3n) is 5.43. The van der Waals surface area contributed by atoms with Gasteiger partial charge in [0.25, 0.3) is 0 Å². The van der Waals surface area contributed by atoms with Crippen molar-refractivity contribution in [3.63, 3.8) is 0 Å². The van der Waals surface area contributed by atoms with E-state index in [9.17, 15) is 15.0 Å². The highest BCUT2D eigenvalue weighted by atomic mass is 16.5. The second-order valence-electron chi connectivity index (χ2n) is 7.04. The number of phenolic OH excluding ortho intramolecular Hbond substituents is 1. The van der Waals surface area contributed by atoms with E-state index in [0.29, 0.717) is 12.2 Å². The van der Waals surface area contributed by atoms with Crippen LogP contribution in [-0.2, 0) is 16.6 Å². The summed E-state index contributed by atoms with van der Waals surface area (Å²) in [7, 11) is 1.48. The lowest BCUT2D eigenvalue weighted by atomic mass is 9.65. The first-order valence-corrected chi connectivity index (χ1v) is 9.16. The number of aliphatic carboxylic acids is 1. The van der Waals surface area contributed by atoms with E-state index in [0.717, 1.165) is 16.7 Å². The van der Waals surface area contributed by atoms with Crippen LogP contribution >= 0.6 is 0 Å². The summed E-state index contributed by atoms with van der Waals surface area (Å²) < 4.78 is 5.19. The lowest BCUT2D eigenvalue weighted by Gasteiger charge is -2.37. The SMILES string of the molecule is COc1cc(C[C@H](C(=O)O)C(C)(c2ccccc2)c2ccccc2)ccc1O. The Morgan fingerprint density at radius 3 is 1.96 bits per heavy atom. The minimum Gasteiger partial charge on any atom is -0.504 e. The predicted molar refractivity (Wildman–Crippen MR) is 109 cm³/mol. The molecule has 0 unspecified atom stereocenters. The van der Waals surface area contributed by atoms with Crippen LogP contribution in [0.1, 0.15) is 23.6 Å². The molecule has 0 heterocycles. The van der Waals surface area contributed by atoms with Crippen molar-refractivity contribution in [2.45, 2.75) is 18.8 Å². The van der Waals surface area contributed by atoms with Crippen molar-refractivity contribution in [1.29, 1.82) is 0 Å². The molecule has 0 bridgehead atoms. The van der Waals surface area contributed by atoms with E-state index in [1.54, 1.807) is 12.1 Å². The molecule has 3 aromatic carbocycles. The summed E-state index contributed by atoms with van der Waals surface area (Å²) in [6, 6.07) is 24.4. The first-order valence-electron chi connectivity index (χ1n) is 9.16. The maximum Gasteiger partial charge on any atom is 0.308 e. The molecule has 4 heteroatoms. The fourth-order valence-corrected chi connectivity index (χ4v) is 3.76. The number of methoxy groups -OCH3 is 1. The van der Waals surface area contributed by atoms with Crippen molar-refractivity contribution in [2.75, 3.05) is 7.11 Å². The van der Waals surface area contributed by atoms with Gasteiger partial charge in [-0.15, -0.1) is 0 Å². The van der Waals surface area contributed by atoms with Gasteiger partial charge < -0.3 is 14.9 Å². The zero-order chi connectivity index (χ0) is 20.1. The van der Waals surface area contributed by atoms with Crippen molar-refractivity contribution < 1.29 is 19.7 Å². The first kappa shape index (κ1) is 19.5. The second-order valence-corrected chi connectivity index (χ2v) is 7.04. The largest absolute Gasteiger partial charge is 0.504 e. The topological polar surface area (TPSA) is 66.8 Å². The van der Waals surface area contributed by atoms with E-state index in [4.69, 9.17) is 4.74 Å². The number of ether oxygens (including phenoxy) is 1. The number of hydrogen-bond donors (Lipinski definition) is 2. The molecule has 0 radical (unpaired) electrons. The average Bonchev–Trinajstić information content (AvgIpc) is 2.73. The zero-order valence-corrected chi connectivity index (χ0v) is 16.0. The summed E-state index contributed by atoms with van der Waals surface area (Å²) in [4.78, 5) is 12.4. The maximum atomic E-state index is 12.4. The van der Waals surface area contributed by atoms with Crippen LogP contribution in [0, 0.1) is 5.92 Å². The Balaban J connectivity index is 2.11. The van der Waals surface area contributed by atoms with Gasteiger partial charge in [0.05, 0.1) is 13.0 Å². The van der Waals surface area contributed by atoms with Gasteiger partial charge >= 0.3 is 5.97 Å². The first-order chi connectivity index (χ1) is 13.5. The molecule has 0 amide bonds. The maximum absolute atomic E-state index is 12.4. The molecule has 3 aromatic rings. The quantitative estimate of drug-likeness (QED) is 0.630. The summed E-state index contributed by atoms with van der Waals surface area (Å²) in [6.45, 7) is 1.98. The summed E-state index contributed by atoms with van der Waals surface area (Å²) in [5.41, 5.74) is 1.94. The normalized spacial score (nSPS) is 12.4. The molecule has 144 valence electrons. The fraction of sp³-hybridized carbons (Fsp3) is 0.208. The summed E-state index contributed by atoms with van der Waals surface area (Å²) in [5, 5.41) is 20.0. The number of carboxylic acids is 1. The summed E-state index contributed by atoms with van der Waals surface area (Å²) >= 11 is 0. The van der Waals surface area contributed by atoms with Crippen LogP contribution in [0.3, 0.4) is 0 Å². The number of rotatable bonds is 7. The standard InChI is InChI=1S/C24H24O4/c1-24(18-9-5-3-6-10-18,19-11-7-4-8-12-19)20(23(26)27)15-17-13-14-21(25)22(16-17)28-2/h3-14,16,20,25H,15H2,1-2H3,(H,26,27)/t20-/m1/s1. The number of carboxylic acid groups (broad SMARTS) is 1. The number of aromatic hydroxyl groups is 1. The molecule has 4 nitrogen and oxygen atoms in total. The molecule has 0 saturated heterocycles. The van der Waals surface area contributed by atoms with E-state index < -0.39 is 17.3 Å². The van der Waals surface area contributed by atoms with Crippen molar-refractivity contribution in [2.24, 2.45) is 5.92 Å². The molecule has 3 rings (SSSR count). The number of carbonyl (C=O) groups is 1. The van der Waals surface area contributed by atoms with E-state index in [-0.39, 0.29) is 5.75 Å². The third kappa shape index (κ3) is 3.72. The average molecular weight is 376 g/mol. The van der Waals surface area contributed by atoms with E-state index in [1.807, 2.05) is 67.6 Å². The van der Waals surface area contributed by atoms with E-state index >= 15 is 0 Å². The lowest BCUT2D eigenvalue weighted by molar-refractivity contribution is -0.143. The molecule has 0 saturated carbocycles. The Labute approximate surface area is 165 Å². The van der Waals surface area contributed by atoms with Crippen LogP contribution in [0.2, 0.25) is 0 Å². The van der Waals surface area contributed by atoms with Crippen molar-refractivity contribution in [3.8, 4) is 11.5 Å². The Kier molecular flexibility index (Phi) is 5.69. The zero-order valence-electron chi connectivity index (χ0n) is 16.0. The van der Waals surface area contributed by atoms with Crippen molar-refractivity contribution >= 4 is 5.97 Å². The minimum atomic E-state index is -0.873.